The molecule has 1 N–H and O–H groups in total. The zero-order valence-corrected chi connectivity index (χ0v) is 15.9. The lowest BCUT2D eigenvalue weighted by Gasteiger charge is -2.17. The van der Waals surface area contributed by atoms with Gasteiger partial charge >= 0.3 is 0 Å². The minimum atomic E-state index is -0.674. The van der Waals surface area contributed by atoms with Gasteiger partial charge in [0.25, 0.3) is 5.56 Å². The van der Waals surface area contributed by atoms with Crippen LogP contribution in [-0.2, 0) is 4.79 Å². The van der Waals surface area contributed by atoms with Gasteiger partial charge in [-0.05, 0) is 36.8 Å². The highest BCUT2D eigenvalue weighted by molar-refractivity contribution is 7.25. The van der Waals surface area contributed by atoms with E-state index in [0.717, 1.165) is 10.2 Å². The molecule has 0 bridgehead atoms. The highest BCUT2D eigenvalue weighted by atomic mass is 35.5. The SMILES string of the molecule is CCC(C(=O)Nc1cccc(Cl)c1)n1cnc2c(sc3ncccc32)c1=O. The number of nitrogens with one attached hydrogen (secondary N) is 1. The molecule has 0 saturated carbocycles. The van der Waals surface area contributed by atoms with E-state index in [1.54, 1.807) is 30.5 Å². The summed E-state index contributed by atoms with van der Waals surface area (Å²) in [6.07, 6.45) is 3.57. The lowest BCUT2D eigenvalue weighted by atomic mass is 10.2. The number of benzene rings is 1. The van der Waals surface area contributed by atoms with Crippen LogP contribution in [0.2, 0.25) is 5.02 Å². The van der Waals surface area contributed by atoms with Crippen molar-refractivity contribution < 1.29 is 4.79 Å². The van der Waals surface area contributed by atoms with Crippen LogP contribution in [0.15, 0.2) is 53.7 Å². The molecular formula is C19H15ClN4O2S. The third-order valence-electron chi connectivity index (χ3n) is 4.30. The Balaban J connectivity index is 1.74. The molecule has 0 aliphatic carbocycles. The van der Waals surface area contributed by atoms with Crippen molar-refractivity contribution in [3.05, 3.63) is 64.3 Å². The van der Waals surface area contributed by atoms with Crippen molar-refractivity contribution in [3.8, 4) is 0 Å². The van der Waals surface area contributed by atoms with Crippen LogP contribution in [0.1, 0.15) is 19.4 Å². The quantitative estimate of drug-likeness (QED) is 0.557. The summed E-state index contributed by atoms with van der Waals surface area (Å²) in [7, 11) is 0. The zero-order valence-electron chi connectivity index (χ0n) is 14.3. The Kier molecular flexibility index (Phi) is 4.63. The van der Waals surface area contributed by atoms with Crippen LogP contribution in [0, 0.1) is 0 Å². The second kappa shape index (κ2) is 7.09. The molecule has 0 saturated heterocycles. The minimum Gasteiger partial charge on any atom is -0.324 e. The van der Waals surface area contributed by atoms with Crippen LogP contribution >= 0.6 is 22.9 Å². The van der Waals surface area contributed by atoms with Gasteiger partial charge in [-0.15, -0.1) is 11.3 Å². The number of nitrogens with zero attached hydrogens (tertiary/aromatic N) is 3. The summed E-state index contributed by atoms with van der Waals surface area (Å²) in [6, 6.07) is 9.92. The fourth-order valence-electron chi connectivity index (χ4n) is 3.00. The van der Waals surface area contributed by atoms with Crippen LogP contribution in [0.25, 0.3) is 20.4 Å². The molecule has 0 aliphatic rings. The van der Waals surface area contributed by atoms with Crippen molar-refractivity contribution in [2.24, 2.45) is 0 Å². The number of rotatable bonds is 4. The highest BCUT2D eigenvalue weighted by Gasteiger charge is 2.22. The molecule has 4 aromatic rings. The van der Waals surface area contributed by atoms with Gasteiger partial charge in [0.1, 0.15) is 15.6 Å². The first-order chi connectivity index (χ1) is 13.1. The molecule has 1 atom stereocenters. The first kappa shape index (κ1) is 17.6. The summed E-state index contributed by atoms with van der Waals surface area (Å²) in [6.45, 7) is 1.85. The fraction of sp³-hybridized carbons (Fsp3) is 0.158. The summed E-state index contributed by atoms with van der Waals surface area (Å²) in [5, 5.41) is 4.19. The first-order valence-corrected chi connectivity index (χ1v) is 9.58. The summed E-state index contributed by atoms with van der Waals surface area (Å²) in [4.78, 5) is 35.3. The Bertz CT molecular complexity index is 1220. The standard InChI is InChI=1S/C19H15ClN4O2S/c1-2-14(17(25)23-12-6-3-5-11(20)9-12)24-10-22-15-13-7-4-8-21-18(13)27-16(15)19(24)26/h3-10,14H,2H2,1H3,(H,23,25). The third-order valence-corrected chi connectivity index (χ3v) is 5.62. The van der Waals surface area contributed by atoms with Crippen LogP contribution in [-0.4, -0.2) is 20.4 Å². The van der Waals surface area contributed by atoms with E-state index in [1.165, 1.54) is 22.2 Å². The predicted molar refractivity (Wildman–Crippen MR) is 109 cm³/mol. The van der Waals surface area contributed by atoms with Crippen LogP contribution in [0.5, 0.6) is 0 Å². The van der Waals surface area contributed by atoms with E-state index in [4.69, 9.17) is 11.6 Å². The van der Waals surface area contributed by atoms with Crippen molar-refractivity contribution >= 4 is 55.0 Å². The van der Waals surface area contributed by atoms with E-state index >= 15 is 0 Å². The molecule has 27 heavy (non-hydrogen) atoms. The van der Waals surface area contributed by atoms with Gasteiger partial charge in [0.05, 0.1) is 11.8 Å². The molecule has 4 rings (SSSR count). The number of carbonyl (C=O) groups excluding carboxylic acids is 1. The van der Waals surface area contributed by atoms with Gasteiger partial charge in [-0.25, -0.2) is 9.97 Å². The number of halogens is 1. The average molecular weight is 399 g/mol. The molecule has 0 aliphatic heterocycles. The van der Waals surface area contributed by atoms with Gasteiger partial charge in [-0.3, -0.25) is 14.2 Å². The molecule has 3 aromatic heterocycles. The Labute approximate surface area is 163 Å². The number of amides is 1. The lowest BCUT2D eigenvalue weighted by Crippen LogP contribution is -2.33. The molecular weight excluding hydrogens is 384 g/mol. The molecule has 1 amide bonds. The van der Waals surface area contributed by atoms with Gasteiger partial charge in [-0.2, -0.15) is 0 Å². The van der Waals surface area contributed by atoms with E-state index < -0.39 is 6.04 Å². The zero-order chi connectivity index (χ0) is 19.0. The molecule has 1 aromatic carbocycles. The van der Waals surface area contributed by atoms with E-state index in [1.807, 2.05) is 19.1 Å². The Hall–Kier alpha value is -2.77. The molecule has 8 heteroatoms. The summed E-state index contributed by atoms with van der Waals surface area (Å²) < 4.78 is 1.89. The molecule has 136 valence electrons. The van der Waals surface area contributed by atoms with Crippen LogP contribution in [0.4, 0.5) is 5.69 Å². The van der Waals surface area contributed by atoms with Crippen molar-refractivity contribution in [1.82, 2.24) is 14.5 Å². The van der Waals surface area contributed by atoms with Gasteiger partial charge in [-0.1, -0.05) is 24.6 Å². The smallest absolute Gasteiger partial charge is 0.272 e. The summed E-state index contributed by atoms with van der Waals surface area (Å²) in [5.41, 5.74) is 0.963. The Morgan fingerprint density at radius 1 is 1.30 bits per heavy atom. The molecule has 0 radical (unpaired) electrons. The second-order valence-corrected chi connectivity index (χ2v) is 7.45. The van der Waals surface area contributed by atoms with Gasteiger partial charge in [0, 0.05) is 22.3 Å². The molecule has 0 fully saturated rings. The van der Waals surface area contributed by atoms with E-state index in [2.05, 4.69) is 15.3 Å². The van der Waals surface area contributed by atoms with Gasteiger partial charge < -0.3 is 5.32 Å². The van der Waals surface area contributed by atoms with E-state index in [0.29, 0.717) is 27.3 Å². The molecule has 6 nitrogen and oxygen atoms in total. The number of fused-ring (bicyclic) bond motifs is 3. The lowest BCUT2D eigenvalue weighted by molar-refractivity contribution is -0.119. The topological polar surface area (TPSA) is 76.9 Å². The van der Waals surface area contributed by atoms with Crippen molar-refractivity contribution in [3.63, 3.8) is 0 Å². The molecule has 3 heterocycles. The molecule has 1 unspecified atom stereocenters. The number of aromatic nitrogens is 3. The summed E-state index contributed by atoms with van der Waals surface area (Å²) in [5.74, 6) is -0.290. The maximum Gasteiger partial charge on any atom is 0.272 e. The number of anilines is 1. The first-order valence-electron chi connectivity index (χ1n) is 8.39. The Morgan fingerprint density at radius 3 is 2.93 bits per heavy atom. The average Bonchev–Trinajstić information content (AvgIpc) is 3.04. The third kappa shape index (κ3) is 3.20. The van der Waals surface area contributed by atoms with Crippen molar-refractivity contribution in [2.45, 2.75) is 19.4 Å². The Morgan fingerprint density at radius 2 is 2.15 bits per heavy atom. The highest BCUT2D eigenvalue weighted by Crippen LogP contribution is 2.28. The second-order valence-electron chi connectivity index (χ2n) is 6.02. The van der Waals surface area contributed by atoms with Crippen molar-refractivity contribution in [1.29, 1.82) is 0 Å². The van der Waals surface area contributed by atoms with E-state index in [-0.39, 0.29) is 11.5 Å². The van der Waals surface area contributed by atoms with Crippen molar-refractivity contribution in [2.75, 3.05) is 5.32 Å². The number of thiophene rings is 1. The number of hydrogen-bond acceptors (Lipinski definition) is 5. The number of hydrogen-bond donors (Lipinski definition) is 1. The van der Waals surface area contributed by atoms with Gasteiger partial charge in [0.15, 0.2) is 0 Å². The maximum atomic E-state index is 13.0. The largest absolute Gasteiger partial charge is 0.324 e. The van der Waals surface area contributed by atoms with Gasteiger partial charge in [0.2, 0.25) is 5.91 Å². The van der Waals surface area contributed by atoms with Crippen LogP contribution < -0.4 is 10.9 Å². The van der Waals surface area contributed by atoms with E-state index in [9.17, 15) is 9.59 Å². The van der Waals surface area contributed by atoms with Crippen LogP contribution in [0.3, 0.4) is 0 Å². The molecule has 0 spiro atoms. The minimum absolute atomic E-state index is 0.240. The normalized spacial score (nSPS) is 12.4. The maximum absolute atomic E-state index is 13.0. The fourth-order valence-corrected chi connectivity index (χ4v) is 4.23. The number of carbonyl (C=O) groups is 1. The number of pyridine rings is 1. The summed E-state index contributed by atoms with van der Waals surface area (Å²) >= 11 is 7.26. The predicted octanol–water partition coefficient (Wildman–Crippen LogP) is 4.25. The monoisotopic (exact) mass is 398 g/mol.